The quantitative estimate of drug-likeness (QED) is 0.210. The maximum atomic E-state index is 14.5. The summed E-state index contributed by atoms with van der Waals surface area (Å²) < 4.78 is 50.7. The lowest BCUT2D eigenvalue weighted by Gasteiger charge is -2.51. The summed E-state index contributed by atoms with van der Waals surface area (Å²) in [5.74, 6) is -1.26. The zero-order valence-electron chi connectivity index (χ0n) is 23.9. The van der Waals surface area contributed by atoms with Gasteiger partial charge in [-0.3, -0.25) is 9.59 Å². The smallest absolute Gasteiger partial charge is 0.468 e. The van der Waals surface area contributed by atoms with E-state index in [0.717, 1.165) is 10.0 Å². The minimum Gasteiger partial charge on any atom is -0.468 e. The van der Waals surface area contributed by atoms with Crippen LogP contribution in [0.25, 0.3) is 27.7 Å². The normalized spacial score (nSPS) is 21.1. The standard InChI is InChI=1S/C34H28BrF3N2O4/c1-20-28(24-18-22(35)12-13-26(24)39-29(20)21-8-4-3-5-9-21)30(41)40-33-16-14-32(15-17-33,31(42)43-2)19-25(33)23-10-6-7-11-27(23)44-34(36,37)38/h3-13,18-19H,14-17H2,1-2H3,(H,40,41). The number of fused-ring (bicyclic) bond motifs is 3. The Morgan fingerprint density at radius 2 is 1.64 bits per heavy atom. The third kappa shape index (κ3) is 5.25. The topological polar surface area (TPSA) is 77.5 Å². The molecule has 1 N–H and O–H groups in total. The molecule has 2 bridgehead atoms. The Morgan fingerprint density at radius 1 is 0.955 bits per heavy atom. The van der Waals surface area contributed by atoms with Crippen LogP contribution in [-0.4, -0.2) is 35.9 Å². The number of carbonyl (C=O) groups is 2. The van der Waals surface area contributed by atoms with E-state index in [2.05, 4.69) is 26.0 Å². The molecule has 0 radical (unpaired) electrons. The fraction of sp³-hybridized carbons (Fsp3) is 0.265. The fourth-order valence-corrected chi connectivity index (χ4v) is 6.99. The van der Waals surface area contributed by atoms with Crippen molar-refractivity contribution in [2.24, 2.45) is 5.41 Å². The lowest BCUT2D eigenvalue weighted by atomic mass is 9.57. The monoisotopic (exact) mass is 664 g/mol. The van der Waals surface area contributed by atoms with Crippen molar-refractivity contribution in [3.05, 3.63) is 100 Å². The van der Waals surface area contributed by atoms with Crippen LogP contribution in [0.4, 0.5) is 13.2 Å². The van der Waals surface area contributed by atoms with Crippen molar-refractivity contribution < 1.29 is 32.2 Å². The second kappa shape index (κ2) is 11.1. The number of halogens is 4. The van der Waals surface area contributed by atoms with Gasteiger partial charge in [0.1, 0.15) is 5.75 Å². The number of hydrogen-bond acceptors (Lipinski definition) is 5. The van der Waals surface area contributed by atoms with Crippen LogP contribution in [0.2, 0.25) is 0 Å². The molecule has 0 saturated heterocycles. The number of amides is 1. The summed E-state index contributed by atoms with van der Waals surface area (Å²) >= 11 is 3.51. The molecule has 3 aliphatic carbocycles. The first kappa shape index (κ1) is 29.9. The summed E-state index contributed by atoms with van der Waals surface area (Å²) in [6.07, 6.45) is -1.90. The first-order chi connectivity index (χ1) is 21.0. The molecule has 1 fully saturated rings. The highest BCUT2D eigenvalue weighted by Crippen LogP contribution is 2.56. The summed E-state index contributed by atoms with van der Waals surface area (Å²) in [7, 11) is 1.29. The Hall–Kier alpha value is -4.18. The molecule has 10 heteroatoms. The number of para-hydroxylation sites is 1. The zero-order chi connectivity index (χ0) is 31.3. The number of esters is 1. The summed E-state index contributed by atoms with van der Waals surface area (Å²) in [6, 6.07) is 20.9. The van der Waals surface area contributed by atoms with Crippen molar-refractivity contribution in [3.8, 4) is 17.0 Å². The number of hydrogen-bond donors (Lipinski definition) is 1. The van der Waals surface area contributed by atoms with Crippen LogP contribution in [0, 0.1) is 12.3 Å². The van der Waals surface area contributed by atoms with Crippen LogP contribution in [0.15, 0.2) is 83.3 Å². The highest BCUT2D eigenvalue weighted by Gasteiger charge is 2.55. The van der Waals surface area contributed by atoms with Crippen LogP contribution < -0.4 is 10.1 Å². The molecule has 1 aromatic heterocycles. The van der Waals surface area contributed by atoms with E-state index >= 15 is 0 Å². The van der Waals surface area contributed by atoms with Gasteiger partial charge < -0.3 is 14.8 Å². The molecule has 1 amide bonds. The number of aromatic nitrogens is 1. The van der Waals surface area contributed by atoms with E-state index in [1.807, 2.05) is 55.5 Å². The molecule has 1 saturated carbocycles. The summed E-state index contributed by atoms with van der Waals surface area (Å²) in [4.78, 5) is 32.4. The highest BCUT2D eigenvalue weighted by atomic mass is 79.9. The predicted octanol–water partition coefficient (Wildman–Crippen LogP) is 8.17. The van der Waals surface area contributed by atoms with Crippen LogP contribution in [-0.2, 0) is 9.53 Å². The lowest BCUT2D eigenvalue weighted by Crippen LogP contribution is -2.57. The van der Waals surface area contributed by atoms with E-state index < -0.39 is 34.9 Å². The van der Waals surface area contributed by atoms with Gasteiger partial charge in [0, 0.05) is 21.0 Å². The second-order valence-corrected chi connectivity index (χ2v) is 12.2. The molecule has 7 rings (SSSR count). The van der Waals surface area contributed by atoms with Crippen molar-refractivity contribution in [2.45, 2.75) is 44.5 Å². The lowest BCUT2D eigenvalue weighted by molar-refractivity contribution is -0.274. The summed E-state index contributed by atoms with van der Waals surface area (Å²) in [5, 5.41) is 3.87. The number of nitrogens with one attached hydrogen (secondary N) is 1. The first-order valence-electron chi connectivity index (χ1n) is 14.1. The Kier molecular flexibility index (Phi) is 7.52. The van der Waals surface area contributed by atoms with Gasteiger partial charge in [-0.1, -0.05) is 70.5 Å². The number of ether oxygens (including phenoxy) is 2. The van der Waals surface area contributed by atoms with Gasteiger partial charge in [-0.25, -0.2) is 4.98 Å². The van der Waals surface area contributed by atoms with Gasteiger partial charge in [-0.15, -0.1) is 13.2 Å². The highest BCUT2D eigenvalue weighted by molar-refractivity contribution is 9.10. The molecule has 1 heterocycles. The molecule has 3 aliphatic rings. The molecule has 0 aliphatic heterocycles. The van der Waals surface area contributed by atoms with Crippen molar-refractivity contribution >= 4 is 44.3 Å². The van der Waals surface area contributed by atoms with E-state index in [9.17, 15) is 22.8 Å². The van der Waals surface area contributed by atoms with Gasteiger partial charge in [0.05, 0.1) is 34.8 Å². The molecular weight excluding hydrogens is 637 g/mol. The summed E-state index contributed by atoms with van der Waals surface area (Å²) in [5.41, 5.74) is 1.66. The average Bonchev–Trinajstić information content (AvgIpc) is 3.00. The molecule has 3 aromatic carbocycles. The van der Waals surface area contributed by atoms with Crippen molar-refractivity contribution in [1.82, 2.24) is 10.3 Å². The minimum atomic E-state index is -4.94. The Morgan fingerprint density at radius 3 is 2.32 bits per heavy atom. The maximum Gasteiger partial charge on any atom is 0.573 e. The second-order valence-electron chi connectivity index (χ2n) is 11.3. The van der Waals surface area contributed by atoms with Gasteiger partial charge >= 0.3 is 12.3 Å². The SMILES string of the molecule is COC(=O)C12C=C(c3ccccc3OC(F)(F)F)C(NC(=O)c3c(C)c(-c4ccccc4)nc4ccc(Br)cc34)(CC1)CC2. The van der Waals surface area contributed by atoms with Gasteiger partial charge in [-0.05, 0) is 68.0 Å². The van der Waals surface area contributed by atoms with Crippen LogP contribution in [0.1, 0.15) is 47.2 Å². The molecule has 4 aromatic rings. The zero-order valence-corrected chi connectivity index (χ0v) is 25.5. The maximum absolute atomic E-state index is 14.5. The number of pyridine rings is 1. The van der Waals surface area contributed by atoms with Crippen molar-refractivity contribution in [1.29, 1.82) is 0 Å². The molecule has 44 heavy (non-hydrogen) atoms. The van der Waals surface area contributed by atoms with Gasteiger partial charge in [0.25, 0.3) is 5.91 Å². The fourth-order valence-electron chi connectivity index (χ4n) is 6.63. The van der Waals surface area contributed by atoms with E-state index in [-0.39, 0.29) is 5.56 Å². The van der Waals surface area contributed by atoms with Crippen molar-refractivity contribution in [3.63, 3.8) is 0 Å². The predicted molar refractivity (Wildman–Crippen MR) is 164 cm³/mol. The third-order valence-corrected chi connectivity index (χ3v) is 9.24. The number of alkyl halides is 3. The van der Waals surface area contributed by atoms with Gasteiger partial charge in [0.15, 0.2) is 0 Å². The third-order valence-electron chi connectivity index (χ3n) is 8.74. The number of rotatable bonds is 6. The van der Waals surface area contributed by atoms with E-state index in [0.29, 0.717) is 59.0 Å². The average molecular weight is 666 g/mol. The summed E-state index contributed by atoms with van der Waals surface area (Å²) in [6.45, 7) is 1.84. The number of carbonyl (C=O) groups excluding carboxylic acids is 2. The molecule has 0 atom stereocenters. The largest absolute Gasteiger partial charge is 0.573 e. The van der Waals surface area contributed by atoms with Crippen LogP contribution in [0.3, 0.4) is 0 Å². The molecule has 226 valence electrons. The van der Waals surface area contributed by atoms with Crippen LogP contribution >= 0.6 is 15.9 Å². The minimum absolute atomic E-state index is 0.154. The number of nitrogens with zero attached hydrogens (tertiary/aromatic N) is 1. The Bertz CT molecular complexity index is 1810. The Balaban J connectivity index is 1.51. The number of methoxy groups -OCH3 is 1. The van der Waals surface area contributed by atoms with E-state index in [1.54, 1.807) is 12.1 Å². The van der Waals surface area contributed by atoms with Crippen molar-refractivity contribution in [2.75, 3.05) is 7.11 Å². The first-order valence-corrected chi connectivity index (χ1v) is 14.9. The van der Waals surface area contributed by atoms with E-state index in [4.69, 9.17) is 9.72 Å². The number of benzene rings is 3. The molecule has 0 spiro atoms. The van der Waals surface area contributed by atoms with E-state index in [1.165, 1.54) is 25.3 Å². The van der Waals surface area contributed by atoms with Crippen LogP contribution in [0.5, 0.6) is 5.75 Å². The van der Waals surface area contributed by atoms with Gasteiger partial charge in [0.2, 0.25) is 0 Å². The molecule has 0 unspecified atom stereocenters. The van der Waals surface area contributed by atoms with Gasteiger partial charge in [-0.2, -0.15) is 0 Å². The molecule has 6 nitrogen and oxygen atoms in total. The molecular formula is C34H28BrF3N2O4. The Labute approximate surface area is 260 Å².